The molecule has 3 aromatic rings. The molecule has 16 heteroatoms. The molecule has 0 aliphatic carbocycles. The highest BCUT2D eigenvalue weighted by molar-refractivity contribution is 5.90. The highest BCUT2D eigenvalue weighted by atomic mass is 19.4. The number of hydrogen-bond acceptors (Lipinski definition) is 8. The summed E-state index contributed by atoms with van der Waals surface area (Å²) in [5, 5.41) is 3.22. The first-order valence-electron chi connectivity index (χ1n) is 16.3. The van der Waals surface area contributed by atoms with Crippen molar-refractivity contribution in [3.63, 3.8) is 0 Å². The number of carbonyl (C=O) groups excluding carboxylic acids is 2. The average Bonchev–Trinajstić information content (AvgIpc) is 3.09. The first-order chi connectivity index (χ1) is 23.6. The number of hydrogen-bond donors (Lipinski definition) is 1. The Morgan fingerprint density at radius 1 is 1.02 bits per heavy atom. The molecular weight excluding hydrogens is 670 g/mol. The number of anilines is 1. The van der Waals surface area contributed by atoms with Crippen molar-refractivity contribution in [3.05, 3.63) is 76.5 Å². The number of rotatable bonds is 8. The molecule has 270 valence electrons. The summed E-state index contributed by atoms with van der Waals surface area (Å²) in [6.45, 7) is 6.13. The Morgan fingerprint density at radius 3 is 2.24 bits per heavy atom. The van der Waals surface area contributed by atoms with Crippen LogP contribution in [0.25, 0.3) is 0 Å². The van der Waals surface area contributed by atoms with Gasteiger partial charge in [-0.3, -0.25) is 15.0 Å². The van der Waals surface area contributed by atoms with Crippen molar-refractivity contribution in [1.29, 1.82) is 0 Å². The van der Waals surface area contributed by atoms with Crippen LogP contribution in [0, 0.1) is 0 Å². The van der Waals surface area contributed by atoms with Gasteiger partial charge in [0.1, 0.15) is 5.82 Å². The number of carbonyl (C=O) groups is 2. The molecular formula is C34H38F6N6O4. The van der Waals surface area contributed by atoms with E-state index in [0.717, 1.165) is 12.8 Å². The lowest BCUT2D eigenvalue weighted by Crippen LogP contribution is -2.48. The van der Waals surface area contributed by atoms with Gasteiger partial charge in [0, 0.05) is 50.4 Å². The minimum atomic E-state index is -5.09. The zero-order valence-corrected chi connectivity index (χ0v) is 27.9. The molecule has 0 spiro atoms. The molecule has 2 unspecified atom stereocenters. The van der Waals surface area contributed by atoms with E-state index < -0.39 is 47.7 Å². The van der Waals surface area contributed by atoms with Crippen LogP contribution in [0.1, 0.15) is 98.2 Å². The van der Waals surface area contributed by atoms with Gasteiger partial charge in [0.05, 0.1) is 48.3 Å². The van der Waals surface area contributed by atoms with Gasteiger partial charge >= 0.3 is 18.4 Å². The smallest absolute Gasteiger partial charge is 0.416 e. The summed E-state index contributed by atoms with van der Waals surface area (Å²) in [6, 6.07) is 1.86. The van der Waals surface area contributed by atoms with Crippen molar-refractivity contribution in [2.24, 2.45) is 0 Å². The van der Waals surface area contributed by atoms with E-state index in [2.05, 4.69) is 20.3 Å². The van der Waals surface area contributed by atoms with Crippen LogP contribution in [-0.4, -0.2) is 64.7 Å². The summed E-state index contributed by atoms with van der Waals surface area (Å²) >= 11 is 0. The summed E-state index contributed by atoms with van der Waals surface area (Å²) < 4.78 is 94.9. The summed E-state index contributed by atoms with van der Waals surface area (Å²) in [7, 11) is 1.39. The van der Waals surface area contributed by atoms with Crippen LogP contribution < -0.4 is 15.0 Å². The number of ether oxygens (including phenoxy) is 2. The van der Waals surface area contributed by atoms with Gasteiger partial charge in [-0.2, -0.15) is 26.3 Å². The predicted molar refractivity (Wildman–Crippen MR) is 169 cm³/mol. The highest BCUT2D eigenvalue weighted by Crippen LogP contribution is 2.42. The maximum atomic E-state index is 14.0. The van der Waals surface area contributed by atoms with Crippen LogP contribution in [-0.2, 0) is 21.9 Å². The monoisotopic (exact) mass is 708 g/mol. The minimum absolute atomic E-state index is 0.0705. The Bertz CT molecular complexity index is 1650. The Morgan fingerprint density at radius 2 is 1.68 bits per heavy atom. The molecule has 2 aliphatic heterocycles. The average molecular weight is 709 g/mol. The third kappa shape index (κ3) is 7.95. The normalized spacial score (nSPS) is 20.2. The Kier molecular flexibility index (Phi) is 10.9. The summed E-state index contributed by atoms with van der Waals surface area (Å²) in [6.07, 6.45) is -5.69. The predicted octanol–water partition coefficient (Wildman–Crippen LogP) is 7.21. The van der Waals surface area contributed by atoms with Crippen LogP contribution in [0.15, 0.2) is 42.7 Å². The second-order valence-corrected chi connectivity index (χ2v) is 12.3. The molecule has 2 aromatic heterocycles. The fraction of sp³-hybridized carbons (Fsp3) is 0.500. The van der Waals surface area contributed by atoms with E-state index in [1.165, 1.54) is 31.3 Å². The van der Waals surface area contributed by atoms with Gasteiger partial charge in [-0.25, -0.2) is 19.7 Å². The lowest BCUT2D eigenvalue weighted by molar-refractivity contribution is -0.143. The Labute approximate surface area is 285 Å². The molecule has 1 aromatic carbocycles. The highest BCUT2D eigenvalue weighted by Gasteiger charge is 2.41. The van der Waals surface area contributed by atoms with Gasteiger partial charge in [-0.15, -0.1) is 0 Å². The second kappa shape index (κ2) is 14.8. The maximum absolute atomic E-state index is 14.0. The number of piperidine rings is 1. The van der Waals surface area contributed by atoms with Crippen molar-refractivity contribution in [3.8, 4) is 5.88 Å². The molecule has 2 amide bonds. The van der Waals surface area contributed by atoms with E-state index in [-0.39, 0.29) is 53.9 Å². The number of alkyl halides is 6. The van der Waals surface area contributed by atoms with Gasteiger partial charge in [0.15, 0.2) is 0 Å². The van der Waals surface area contributed by atoms with E-state index in [0.29, 0.717) is 42.9 Å². The van der Waals surface area contributed by atoms with Crippen molar-refractivity contribution in [2.75, 3.05) is 31.7 Å². The van der Waals surface area contributed by atoms with Crippen molar-refractivity contribution in [1.82, 2.24) is 25.2 Å². The first kappa shape index (κ1) is 36.8. The number of halogens is 6. The van der Waals surface area contributed by atoms with Crippen molar-refractivity contribution >= 4 is 17.7 Å². The third-order valence-electron chi connectivity index (χ3n) is 9.08. The fourth-order valence-corrected chi connectivity index (χ4v) is 6.55. The Balaban J connectivity index is 1.63. The quantitative estimate of drug-likeness (QED) is 0.245. The van der Waals surface area contributed by atoms with E-state index in [1.807, 2.05) is 6.92 Å². The lowest BCUT2D eigenvalue weighted by atomic mass is 9.91. The summed E-state index contributed by atoms with van der Waals surface area (Å²) in [4.78, 5) is 41.8. The number of fused-ring (bicyclic) bond motifs is 1. The number of benzene rings is 1. The maximum Gasteiger partial charge on any atom is 0.416 e. The first-order valence-corrected chi connectivity index (χ1v) is 16.3. The van der Waals surface area contributed by atoms with Crippen LogP contribution >= 0.6 is 0 Å². The van der Waals surface area contributed by atoms with Gasteiger partial charge in [-0.05, 0) is 68.0 Å². The van der Waals surface area contributed by atoms with E-state index in [9.17, 15) is 35.9 Å². The molecule has 0 radical (unpaired) electrons. The molecule has 5 rings (SSSR count). The van der Waals surface area contributed by atoms with Gasteiger partial charge in [-0.1, -0.05) is 6.92 Å². The zero-order valence-electron chi connectivity index (χ0n) is 27.9. The largest absolute Gasteiger partial charge is 0.481 e. The number of pyridine rings is 1. The van der Waals surface area contributed by atoms with Crippen LogP contribution in [0.3, 0.4) is 0 Å². The summed E-state index contributed by atoms with van der Waals surface area (Å²) in [5.74, 6) is -0.0753. The van der Waals surface area contributed by atoms with Crippen molar-refractivity contribution < 1.29 is 45.4 Å². The van der Waals surface area contributed by atoms with Gasteiger partial charge in [0.2, 0.25) is 11.8 Å². The number of aromatic nitrogens is 3. The fourth-order valence-electron chi connectivity index (χ4n) is 6.55. The zero-order chi connectivity index (χ0) is 36.4. The molecule has 4 heterocycles. The standard InChI is InChI=1S/C34H38F6N6O4/c1-5-25-15-26(30-27(9-10-28(44-30)49-4)46(25)32(48)50-6-2)43-29(21-12-23(33(35,36)37)14-24(13-21)34(38,39)40)31-41-16-22(17-42-31)20-8-7-11-45(18-20)19(3)47/h9-10,12-14,16-17,20,25-26,29,43H,5-8,11,15,18H2,1-4H3/t20?,25-,26+,29?/m1/s1. The summed E-state index contributed by atoms with van der Waals surface area (Å²) in [5.41, 5.74) is -2.03. The topological polar surface area (TPSA) is 110 Å². The van der Waals surface area contributed by atoms with Crippen LogP contribution in [0.4, 0.5) is 36.8 Å². The van der Waals surface area contributed by atoms with Gasteiger partial charge in [0.25, 0.3) is 0 Å². The number of likely N-dealkylation sites (tertiary alicyclic amines) is 1. The van der Waals surface area contributed by atoms with E-state index in [1.54, 1.807) is 24.0 Å². The van der Waals surface area contributed by atoms with Crippen molar-refractivity contribution in [2.45, 2.75) is 82.9 Å². The SMILES string of the molecule is CCOC(=O)N1c2ccc(OC)nc2[C@@H](NC(c2cc(C(F)(F)F)cc(C(F)(F)F)c2)c2ncc(C3CCCN(C(C)=O)C3)cn2)C[C@H]1CC. The number of methoxy groups -OCH3 is 1. The molecule has 1 fully saturated rings. The molecule has 50 heavy (non-hydrogen) atoms. The molecule has 4 atom stereocenters. The second-order valence-electron chi connectivity index (χ2n) is 12.3. The third-order valence-corrected chi connectivity index (χ3v) is 9.08. The van der Waals surface area contributed by atoms with E-state index >= 15 is 0 Å². The molecule has 0 bridgehead atoms. The molecule has 10 nitrogen and oxygen atoms in total. The molecule has 0 saturated carbocycles. The number of nitrogens with one attached hydrogen (secondary N) is 1. The number of nitrogens with zero attached hydrogens (tertiary/aromatic N) is 5. The lowest BCUT2D eigenvalue weighted by Gasteiger charge is -2.40. The Hall–Kier alpha value is -4.47. The van der Waals surface area contributed by atoms with E-state index in [4.69, 9.17) is 9.47 Å². The molecule has 1 saturated heterocycles. The molecule has 2 aliphatic rings. The van der Waals surface area contributed by atoms with Crippen LogP contribution in [0.2, 0.25) is 0 Å². The molecule has 1 N–H and O–H groups in total. The van der Waals surface area contributed by atoms with Gasteiger partial charge < -0.3 is 14.4 Å². The van der Waals surface area contributed by atoms with Crippen LogP contribution in [0.5, 0.6) is 5.88 Å². The number of amides is 2. The minimum Gasteiger partial charge on any atom is -0.481 e.